The van der Waals surface area contributed by atoms with Crippen LogP contribution in [0.3, 0.4) is 0 Å². The molecule has 0 atom stereocenters. The van der Waals surface area contributed by atoms with E-state index in [1.54, 1.807) is 19.2 Å². The minimum atomic E-state index is -0.203. The highest BCUT2D eigenvalue weighted by Gasteiger charge is 2.28. The smallest absolute Gasteiger partial charge is 0.263 e. The van der Waals surface area contributed by atoms with Crippen LogP contribution in [0.5, 0.6) is 11.5 Å². The third-order valence-electron chi connectivity index (χ3n) is 3.86. The molecule has 1 N–H and O–H groups in total. The lowest BCUT2D eigenvalue weighted by molar-refractivity contribution is -0.118. The number of fused-ring (bicyclic) bond motifs is 1. The molecule has 0 bridgehead atoms. The molecular weight excluding hydrogens is 338 g/mol. The Kier molecular flexibility index (Phi) is 4.94. The summed E-state index contributed by atoms with van der Waals surface area (Å²) in [5, 5.41) is 7.67. The number of anilines is 1. The van der Waals surface area contributed by atoms with Crippen LogP contribution in [0.25, 0.3) is 0 Å². The van der Waals surface area contributed by atoms with Crippen molar-refractivity contribution in [3.05, 3.63) is 35.5 Å². The molecule has 0 saturated heterocycles. The van der Waals surface area contributed by atoms with Crippen LogP contribution < -0.4 is 14.8 Å². The van der Waals surface area contributed by atoms with Crippen LogP contribution in [0.2, 0.25) is 0 Å². The van der Waals surface area contributed by atoms with Crippen molar-refractivity contribution in [2.75, 3.05) is 19.0 Å². The van der Waals surface area contributed by atoms with Gasteiger partial charge in [0.05, 0.1) is 18.3 Å². The molecule has 134 valence electrons. The Morgan fingerprint density at radius 3 is 2.80 bits per heavy atom. The summed E-state index contributed by atoms with van der Waals surface area (Å²) >= 11 is 1.81. The van der Waals surface area contributed by atoms with E-state index in [1.165, 1.54) is 0 Å². The van der Waals surface area contributed by atoms with Crippen LogP contribution in [-0.2, 0) is 21.8 Å². The summed E-state index contributed by atoms with van der Waals surface area (Å²) in [4.78, 5) is 12.4. The van der Waals surface area contributed by atoms with Crippen LogP contribution >= 0.6 is 11.8 Å². The second-order valence-electron chi connectivity index (χ2n) is 6.87. The summed E-state index contributed by atoms with van der Waals surface area (Å²) in [6.45, 7) is 6.16. The Bertz CT molecular complexity index is 780. The van der Waals surface area contributed by atoms with Gasteiger partial charge in [0.1, 0.15) is 17.3 Å². The van der Waals surface area contributed by atoms with Crippen molar-refractivity contribution in [3.8, 4) is 11.5 Å². The molecule has 0 radical (unpaired) electrons. The van der Waals surface area contributed by atoms with Gasteiger partial charge in [-0.3, -0.25) is 4.79 Å². The van der Waals surface area contributed by atoms with Gasteiger partial charge in [0.2, 0.25) is 0 Å². The number of hydrogen-bond acceptors (Lipinski definition) is 5. The summed E-state index contributed by atoms with van der Waals surface area (Å²) in [5.74, 6) is 3.64. The quantitative estimate of drug-likeness (QED) is 0.884. The number of carbonyl (C=O) groups is 1. The maximum atomic E-state index is 12.4. The SMILES string of the molecule is COc1cccc(OCC(=O)Nc2c3c(nn2C(C)(C)C)CSC3)c1. The number of nitrogens with zero attached hydrogens (tertiary/aromatic N) is 2. The number of hydrogen-bond donors (Lipinski definition) is 1. The molecule has 1 aliphatic rings. The second-order valence-corrected chi connectivity index (χ2v) is 7.85. The monoisotopic (exact) mass is 361 g/mol. The third-order valence-corrected chi connectivity index (χ3v) is 4.83. The fourth-order valence-corrected chi connectivity index (χ4v) is 3.67. The number of aromatic nitrogens is 2. The lowest BCUT2D eigenvalue weighted by Crippen LogP contribution is -2.29. The Labute approximate surface area is 151 Å². The van der Waals surface area contributed by atoms with Gasteiger partial charge < -0.3 is 14.8 Å². The second kappa shape index (κ2) is 7.00. The lowest BCUT2D eigenvalue weighted by atomic mass is 10.1. The van der Waals surface area contributed by atoms with Crippen LogP contribution in [0.1, 0.15) is 32.0 Å². The summed E-state index contributed by atoms with van der Waals surface area (Å²) < 4.78 is 12.6. The van der Waals surface area contributed by atoms with Gasteiger partial charge in [0.25, 0.3) is 5.91 Å². The maximum absolute atomic E-state index is 12.4. The van der Waals surface area contributed by atoms with Crippen LogP contribution in [0.15, 0.2) is 24.3 Å². The van der Waals surface area contributed by atoms with E-state index < -0.39 is 0 Å². The minimum Gasteiger partial charge on any atom is -0.497 e. The van der Waals surface area contributed by atoms with Crippen molar-refractivity contribution in [3.63, 3.8) is 0 Å². The van der Waals surface area contributed by atoms with E-state index in [-0.39, 0.29) is 18.1 Å². The Morgan fingerprint density at radius 1 is 1.32 bits per heavy atom. The van der Waals surface area contributed by atoms with Crippen molar-refractivity contribution >= 4 is 23.5 Å². The zero-order chi connectivity index (χ0) is 18.0. The summed E-state index contributed by atoms with van der Waals surface area (Å²) in [7, 11) is 1.60. The van der Waals surface area contributed by atoms with Gasteiger partial charge in [-0.25, -0.2) is 4.68 Å². The first-order valence-electron chi connectivity index (χ1n) is 8.14. The molecule has 0 fully saturated rings. The molecule has 0 saturated carbocycles. The van der Waals surface area contributed by atoms with Gasteiger partial charge in [-0.2, -0.15) is 16.9 Å². The number of nitrogens with one attached hydrogen (secondary N) is 1. The number of amides is 1. The van der Waals surface area contributed by atoms with Crippen LogP contribution in [-0.4, -0.2) is 29.4 Å². The zero-order valence-corrected chi connectivity index (χ0v) is 15.8. The van der Waals surface area contributed by atoms with E-state index >= 15 is 0 Å². The third kappa shape index (κ3) is 3.92. The van der Waals surface area contributed by atoms with Crippen molar-refractivity contribution in [2.24, 2.45) is 0 Å². The first kappa shape index (κ1) is 17.7. The van der Waals surface area contributed by atoms with Gasteiger partial charge in [0, 0.05) is 23.1 Å². The highest BCUT2D eigenvalue weighted by Crippen LogP contribution is 2.37. The fourth-order valence-electron chi connectivity index (χ4n) is 2.63. The maximum Gasteiger partial charge on any atom is 0.263 e. The van der Waals surface area contributed by atoms with Crippen molar-refractivity contribution in [1.29, 1.82) is 0 Å². The fraction of sp³-hybridized carbons (Fsp3) is 0.444. The van der Waals surface area contributed by atoms with Crippen molar-refractivity contribution < 1.29 is 14.3 Å². The molecule has 0 aliphatic carbocycles. The minimum absolute atomic E-state index is 0.0651. The predicted octanol–water partition coefficient (Wildman–Crippen LogP) is 3.41. The van der Waals surface area contributed by atoms with E-state index in [1.807, 2.05) is 28.6 Å². The average molecular weight is 361 g/mol. The van der Waals surface area contributed by atoms with Crippen LogP contribution in [0.4, 0.5) is 5.82 Å². The molecule has 2 aromatic rings. The molecule has 3 rings (SSSR count). The van der Waals surface area contributed by atoms with Gasteiger partial charge in [-0.1, -0.05) is 6.07 Å². The lowest BCUT2D eigenvalue weighted by Gasteiger charge is -2.23. The number of carbonyl (C=O) groups excluding carboxylic acids is 1. The number of thioether (sulfide) groups is 1. The van der Waals surface area contributed by atoms with E-state index in [4.69, 9.17) is 9.47 Å². The standard InChI is InChI=1S/C18H23N3O3S/c1-18(2,3)21-17(14-10-25-11-15(14)20-21)19-16(22)9-24-13-7-5-6-12(8-13)23-4/h5-8H,9-11H2,1-4H3,(H,19,22). The Balaban J connectivity index is 1.71. The van der Waals surface area contributed by atoms with E-state index in [0.29, 0.717) is 11.5 Å². The van der Waals surface area contributed by atoms with Gasteiger partial charge in [-0.15, -0.1) is 0 Å². The molecular formula is C18H23N3O3S. The average Bonchev–Trinajstić information content (AvgIpc) is 3.15. The van der Waals surface area contributed by atoms with Gasteiger partial charge in [0.15, 0.2) is 6.61 Å². The molecule has 7 heteroatoms. The number of methoxy groups -OCH3 is 1. The summed E-state index contributed by atoms with van der Waals surface area (Å²) in [6, 6.07) is 7.20. The van der Waals surface area contributed by atoms with Crippen molar-refractivity contribution in [2.45, 2.75) is 37.8 Å². The topological polar surface area (TPSA) is 65.4 Å². The number of rotatable bonds is 5. The predicted molar refractivity (Wildman–Crippen MR) is 99.3 cm³/mol. The number of benzene rings is 1. The first-order valence-corrected chi connectivity index (χ1v) is 9.29. The van der Waals surface area contributed by atoms with Gasteiger partial charge in [-0.05, 0) is 32.9 Å². The first-order chi connectivity index (χ1) is 11.9. The molecule has 0 spiro atoms. The molecule has 0 unspecified atom stereocenters. The van der Waals surface area contributed by atoms with E-state index in [2.05, 4.69) is 31.2 Å². The highest BCUT2D eigenvalue weighted by atomic mass is 32.2. The summed E-state index contributed by atoms with van der Waals surface area (Å²) in [5.41, 5.74) is 1.98. The van der Waals surface area contributed by atoms with E-state index in [0.717, 1.165) is 28.6 Å². The molecule has 25 heavy (non-hydrogen) atoms. The Morgan fingerprint density at radius 2 is 2.08 bits per heavy atom. The van der Waals surface area contributed by atoms with E-state index in [9.17, 15) is 4.79 Å². The molecule has 1 aliphatic heterocycles. The zero-order valence-electron chi connectivity index (χ0n) is 15.0. The van der Waals surface area contributed by atoms with Crippen molar-refractivity contribution in [1.82, 2.24) is 9.78 Å². The largest absolute Gasteiger partial charge is 0.497 e. The summed E-state index contributed by atoms with van der Waals surface area (Å²) in [6.07, 6.45) is 0. The number of ether oxygens (including phenoxy) is 2. The molecule has 1 aromatic heterocycles. The Hall–Kier alpha value is -2.15. The van der Waals surface area contributed by atoms with Crippen LogP contribution in [0, 0.1) is 0 Å². The normalized spacial score (nSPS) is 13.4. The molecule has 1 aromatic carbocycles. The highest BCUT2D eigenvalue weighted by molar-refractivity contribution is 7.98. The van der Waals surface area contributed by atoms with Gasteiger partial charge >= 0.3 is 0 Å². The molecule has 6 nitrogen and oxygen atoms in total. The molecule has 1 amide bonds. The molecule has 2 heterocycles.